The van der Waals surface area contributed by atoms with Gasteiger partial charge >= 0.3 is 5.97 Å². The molecule has 0 saturated carbocycles. The number of hydrogen-bond acceptors (Lipinski definition) is 7. The van der Waals surface area contributed by atoms with E-state index < -0.39 is 23.6 Å². The molecule has 1 heterocycles. The molecule has 0 aromatic heterocycles. The Balaban J connectivity index is 1.50. The number of carbonyl (C=O) groups is 2. The molecule has 4 rings (SSSR count). The summed E-state index contributed by atoms with van der Waals surface area (Å²) >= 11 is 0. The first kappa shape index (κ1) is 23.4. The summed E-state index contributed by atoms with van der Waals surface area (Å²) in [7, 11) is 0. The zero-order valence-corrected chi connectivity index (χ0v) is 19.4. The highest BCUT2D eigenvalue weighted by Crippen LogP contribution is 2.32. The van der Waals surface area contributed by atoms with Crippen molar-refractivity contribution in [2.45, 2.75) is 39.1 Å². The highest BCUT2D eigenvalue weighted by molar-refractivity contribution is 6.04. The Morgan fingerprint density at radius 2 is 1.62 bits per heavy atom. The van der Waals surface area contributed by atoms with Crippen LogP contribution in [-0.2, 0) is 25.6 Å². The maximum Gasteiger partial charge on any atom is 0.338 e. The van der Waals surface area contributed by atoms with Crippen LogP contribution in [0.3, 0.4) is 0 Å². The summed E-state index contributed by atoms with van der Waals surface area (Å²) in [6, 6.07) is 16.8. The number of rotatable bonds is 7. The van der Waals surface area contributed by atoms with Crippen LogP contribution in [-0.4, -0.2) is 30.1 Å². The number of cyclic esters (lactones) is 1. The third-order valence-corrected chi connectivity index (χ3v) is 5.89. The first-order valence-electron chi connectivity index (χ1n) is 11.2. The topological polar surface area (TPSA) is 105 Å². The van der Waals surface area contributed by atoms with E-state index in [-0.39, 0.29) is 17.4 Å². The van der Waals surface area contributed by atoms with Gasteiger partial charge in [0, 0.05) is 5.56 Å². The molecule has 0 radical (unpaired) electrons. The minimum Gasteiger partial charge on any atom is -0.575 e. The number of ether oxygens (including phenoxy) is 2. The summed E-state index contributed by atoms with van der Waals surface area (Å²) in [4.78, 5) is 26.3. The van der Waals surface area contributed by atoms with Gasteiger partial charge in [0.2, 0.25) is 0 Å². The van der Waals surface area contributed by atoms with Gasteiger partial charge in [0.15, 0.2) is 11.6 Å². The number of azo groups is 1. The standard InChI is InChI=1S/C26H27N3O5/c1-4-29(16-17-10-12-19(13-11-17)28-27-18-8-6-5-7-9-18)20-14-15-21(30)22(20)23-24(31)33-26(2,3)34-25(23)32/h5-15,20,22,31H,4,16H2,1-3H3. The SMILES string of the molecule is CC[NH+](Cc1ccc(N=Nc2ccccc2)cc1)C1C=CC(=O)C1C1=C([O-])OC(C)(C)OC1=O. The van der Waals surface area contributed by atoms with E-state index in [4.69, 9.17) is 9.47 Å². The van der Waals surface area contributed by atoms with Crippen molar-refractivity contribution in [3.8, 4) is 0 Å². The van der Waals surface area contributed by atoms with E-state index in [9.17, 15) is 14.7 Å². The molecule has 3 unspecified atom stereocenters. The molecule has 3 atom stereocenters. The van der Waals surface area contributed by atoms with E-state index in [0.29, 0.717) is 13.1 Å². The van der Waals surface area contributed by atoms with Crippen LogP contribution in [0.25, 0.3) is 0 Å². The molecule has 1 aliphatic carbocycles. The van der Waals surface area contributed by atoms with Crippen LogP contribution in [0.1, 0.15) is 26.3 Å². The van der Waals surface area contributed by atoms with Gasteiger partial charge in [0.25, 0.3) is 0 Å². The van der Waals surface area contributed by atoms with Crippen LogP contribution in [0, 0.1) is 5.92 Å². The molecule has 176 valence electrons. The van der Waals surface area contributed by atoms with Crippen LogP contribution in [0.15, 0.2) is 88.5 Å². The predicted octanol–water partition coefficient (Wildman–Crippen LogP) is 2.51. The first-order chi connectivity index (χ1) is 16.3. The monoisotopic (exact) mass is 461 g/mol. The summed E-state index contributed by atoms with van der Waals surface area (Å²) < 4.78 is 10.5. The van der Waals surface area contributed by atoms with E-state index in [1.54, 1.807) is 6.08 Å². The molecule has 0 fully saturated rings. The van der Waals surface area contributed by atoms with Crippen molar-refractivity contribution in [2.24, 2.45) is 16.1 Å². The highest BCUT2D eigenvalue weighted by atomic mass is 16.8. The molecule has 2 aliphatic rings. The number of ketones is 1. The quantitative estimate of drug-likeness (QED) is 0.504. The highest BCUT2D eigenvalue weighted by Gasteiger charge is 2.45. The molecule has 0 saturated heterocycles. The lowest BCUT2D eigenvalue weighted by Crippen LogP contribution is -3.14. The molecular formula is C26H27N3O5. The Morgan fingerprint density at radius 1 is 0.971 bits per heavy atom. The van der Waals surface area contributed by atoms with Crippen molar-refractivity contribution in [1.29, 1.82) is 0 Å². The summed E-state index contributed by atoms with van der Waals surface area (Å²) in [5.74, 6) is -4.16. The molecular weight excluding hydrogens is 434 g/mol. The van der Waals surface area contributed by atoms with Gasteiger partial charge in [-0.1, -0.05) is 30.3 Å². The Hall–Kier alpha value is -3.78. The largest absolute Gasteiger partial charge is 0.575 e. The number of esters is 1. The van der Waals surface area contributed by atoms with Gasteiger partial charge in [-0.05, 0) is 57.2 Å². The molecule has 34 heavy (non-hydrogen) atoms. The lowest BCUT2D eigenvalue weighted by atomic mass is 9.90. The maximum atomic E-state index is 12.7. The van der Waals surface area contributed by atoms with Gasteiger partial charge in [-0.15, -0.1) is 0 Å². The van der Waals surface area contributed by atoms with Crippen molar-refractivity contribution < 1.29 is 29.1 Å². The average molecular weight is 462 g/mol. The number of carbonyl (C=O) groups excluding carboxylic acids is 2. The lowest BCUT2D eigenvalue weighted by molar-refractivity contribution is -0.932. The molecule has 0 bridgehead atoms. The molecule has 2 aromatic rings. The summed E-state index contributed by atoms with van der Waals surface area (Å²) in [6.45, 7) is 6.24. The van der Waals surface area contributed by atoms with Crippen molar-refractivity contribution in [1.82, 2.24) is 0 Å². The molecule has 1 N–H and O–H groups in total. The van der Waals surface area contributed by atoms with Crippen molar-refractivity contribution >= 4 is 23.1 Å². The van der Waals surface area contributed by atoms with Crippen LogP contribution < -0.4 is 10.0 Å². The van der Waals surface area contributed by atoms with Gasteiger partial charge in [0.1, 0.15) is 18.5 Å². The van der Waals surface area contributed by atoms with Crippen LogP contribution in [0.2, 0.25) is 0 Å². The number of quaternary nitrogens is 1. The Kier molecular flexibility index (Phi) is 6.61. The second-order valence-electron chi connectivity index (χ2n) is 8.75. The Morgan fingerprint density at radius 3 is 2.24 bits per heavy atom. The van der Waals surface area contributed by atoms with Gasteiger partial charge in [-0.25, -0.2) is 4.79 Å². The van der Waals surface area contributed by atoms with Crippen molar-refractivity contribution in [3.05, 3.63) is 83.8 Å². The molecule has 8 heteroatoms. The smallest absolute Gasteiger partial charge is 0.338 e. The summed E-state index contributed by atoms with van der Waals surface area (Å²) in [5.41, 5.74) is 2.30. The molecule has 0 amide bonds. The fourth-order valence-corrected chi connectivity index (χ4v) is 4.23. The third-order valence-electron chi connectivity index (χ3n) is 5.89. The number of nitrogens with one attached hydrogen (secondary N) is 1. The number of benzene rings is 2. The molecule has 0 spiro atoms. The second kappa shape index (κ2) is 9.61. The maximum absolute atomic E-state index is 12.7. The number of hydrogen-bond donors (Lipinski definition) is 1. The minimum absolute atomic E-state index is 0.234. The van der Waals surface area contributed by atoms with Gasteiger partial charge in [0.05, 0.1) is 29.4 Å². The fraction of sp³-hybridized carbons (Fsp3) is 0.308. The minimum atomic E-state index is -1.35. The van der Waals surface area contributed by atoms with Gasteiger partial charge in [-0.3, -0.25) is 4.79 Å². The van der Waals surface area contributed by atoms with E-state index in [0.717, 1.165) is 21.8 Å². The van der Waals surface area contributed by atoms with Crippen molar-refractivity contribution in [3.63, 3.8) is 0 Å². The zero-order valence-electron chi connectivity index (χ0n) is 19.4. The zero-order chi connectivity index (χ0) is 24.3. The van der Waals surface area contributed by atoms with E-state index >= 15 is 0 Å². The normalized spacial score (nSPS) is 22.7. The first-order valence-corrected chi connectivity index (χ1v) is 11.2. The van der Waals surface area contributed by atoms with Crippen LogP contribution in [0.4, 0.5) is 11.4 Å². The van der Waals surface area contributed by atoms with Crippen LogP contribution in [0.5, 0.6) is 0 Å². The fourth-order valence-electron chi connectivity index (χ4n) is 4.23. The number of nitrogens with zero attached hydrogens (tertiary/aromatic N) is 2. The number of likely N-dealkylation sites (N-methyl/N-ethyl adjacent to an activating group) is 1. The molecule has 1 aliphatic heterocycles. The number of allylic oxidation sites excluding steroid dienone is 1. The lowest BCUT2D eigenvalue weighted by Gasteiger charge is -2.41. The van der Waals surface area contributed by atoms with E-state index in [2.05, 4.69) is 10.2 Å². The Labute approximate surface area is 198 Å². The van der Waals surface area contributed by atoms with Crippen molar-refractivity contribution in [2.75, 3.05) is 6.54 Å². The Bertz CT molecular complexity index is 1150. The van der Waals surface area contributed by atoms with Gasteiger partial charge < -0.3 is 19.5 Å². The molecule has 8 nitrogen and oxygen atoms in total. The second-order valence-corrected chi connectivity index (χ2v) is 8.75. The predicted molar refractivity (Wildman–Crippen MR) is 122 cm³/mol. The summed E-state index contributed by atoms with van der Waals surface area (Å²) in [5, 5.41) is 21.1. The molecule has 2 aromatic carbocycles. The average Bonchev–Trinajstić information content (AvgIpc) is 3.17. The van der Waals surface area contributed by atoms with Crippen LogP contribution >= 0.6 is 0 Å². The third kappa shape index (κ3) is 5.07. The van der Waals surface area contributed by atoms with E-state index in [1.165, 1.54) is 19.9 Å². The summed E-state index contributed by atoms with van der Waals surface area (Å²) in [6.07, 6.45) is 3.20. The van der Waals surface area contributed by atoms with E-state index in [1.807, 2.05) is 61.5 Å². The van der Waals surface area contributed by atoms with Gasteiger partial charge in [-0.2, -0.15) is 10.2 Å².